The molecule has 10 nitrogen and oxygen atoms in total. The predicted molar refractivity (Wildman–Crippen MR) is 119 cm³/mol. The number of para-hydroxylation sites is 1. The highest BCUT2D eigenvalue weighted by molar-refractivity contribution is 6.03. The van der Waals surface area contributed by atoms with Crippen molar-refractivity contribution in [2.45, 2.75) is 26.4 Å². The highest BCUT2D eigenvalue weighted by Gasteiger charge is 2.18. The van der Waals surface area contributed by atoms with Crippen molar-refractivity contribution >= 4 is 11.6 Å². The topological polar surface area (TPSA) is 105 Å². The number of hydrogen-bond acceptors (Lipinski definition) is 8. The molecular weight excluding hydrogens is 412 g/mol. The summed E-state index contributed by atoms with van der Waals surface area (Å²) in [4.78, 5) is 12.4. The molecule has 0 saturated carbocycles. The lowest BCUT2D eigenvalue weighted by Crippen LogP contribution is -2.23. The van der Waals surface area contributed by atoms with Crippen molar-refractivity contribution in [2.75, 3.05) is 13.7 Å². The van der Waals surface area contributed by atoms with Crippen LogP contribution in [0, 0.1) is 0 Å². The van der Waals surface area contributed by atoms with Gasteiger partial charge in [-0.25, -0.2) is 4.79 Å². The normalized spacial score (nSPS) is 14.7. The van der Waals surface area contributed by atoms with Crippen LogP contribution in [0.4, 0.5) is 0 Å². The minimum atomic E-state index is -0.367. The predicted octanol–water partition coefficient (Wildman–Crippen LogP) is 2.49. The van der Waals surface area contributed by atoms with Crippen LogP contribution in [0.25, 0.3) is 5.69 Å². The average Bonchev–Trinajstić information content (AvgIpc) is 3.17. The molecular formula is C22H24N6O4. The van der Waals surface area contributed by atoms with Gasteiger partial charge in [0.05, 0.1) is 30.7 Å². The second kappa shape index (κ2) is 9.46. The molecule has 0 N–H and O–H groups in total. The Morgan fingerprint density at radius 3 is 2.78 bits per heavy atom. The van der Waals surface area contributed by atoms with Gasteiger partial charge in [0.25, 0.3) is 0 Å². The second-order valence-corrected chi connectivity index (χ2v) is 7.03. The van der Waals surface area contributed by atoms with Gasteiger partial charge in [0.15, 0.2) is 0 Å². The highest BCUT2D eigenvalue weighted by atomic mass is 16.5. The number of aromatic nitrogens is 4. The first-order valence-electron chi connectivity index (χ1n) is 10.3. The fourth-order valence-electron chi connectivity index (χ4n) is 3.35. The van der Waals surface area contributed by atoms with Crippen LogP contribution in [0.5, 0.6) is 11.5 Å². The number of hydrogen-bond donors (Lipinski definition) is 0. The zero-order valence-corrected chi connectivity index (χ0v) is 18.2. The first-order valence-corrected chi connectivity index (χ1v) is 10.3. The van der Waals surface area contributed by atoms with E-state index in [1.54, 1.807) is 25.3 Å². The molecule has 32 heavy (non-hydrogen) atoms. The van der Waals surface area contributed by atoms with Gasteiger partial charge in [-0.1, -0.05) is 25.1 Å². The lowest BCUT2D eigenvalue weighted by atomic mass is 10.0. The summed E-state index contributed by atoms with van der Waals surface area (Å²) < 4.78 is 19.5. The van der Waals surface area contributed by atoms with Crippen LogP contribution in [0.15, 0.2) is 57.5 Å². The maximum absolute atomic E-state index is 12.4. The molecule has 1 aliphatic rings. The molecule has 0 radical (unpaired) electrons. The van der Waals surface area contributed by atoms with E-state index in [9.17, 15) is 4.79 Å². The van der Waals surface area contributed by atoms with E-state index in [2.05, 4.69) is 20.6 Å². The van der Waals surface area contributed by atoms with Gasteiger partial charge in [-0.15, -0.1) is 5.10 Å². The van der Waals surface area contributed by atoms with Crippen LogP contribution in [0.1, 0.15) is 30.9 Å². The highest BCUT2D eigenvalue weighted by Crippen LogP contribution is 2.26. The van der Waals surface area contributed by atoms with Gasteiger partial charge in [0.2, 0.25) is 5.90 Å². The molecule has 0 unspecified atom stereocenters. The summed E-state index contributed by atoms with van der Waals surface area (Å²) in [7, 11) is 3.10. The molecule has 0 amide bonds. The SMILES string of the molecule is CC/C(=N/N=C1CCOc2ccccc21)OCc1c(OC)cccc1-n1nnn(C)c1=O. The Kier molecular flexibility index (Phi) is 6.29. The number of tetrazole rings is 1. The van der Waals surface area contributed by atoms with E-state index in [4.69, 9.17) is 14.2 Å². The van der Waals surface area contributed by atoms with E-state index in [0.29, 0.717) is 42.3 Å². The van der Waals surface area contributed by atoms with Crippen molar-refractivity contribution in [1.82, 2.24) is 19.8 Å². The van der Waals surface area contributed by atoms with Crippen LogP contribution in [0.2, 0.25) is 0 Å². The van der Waals surface area contributed by atoms with Gasteiger partial charge >= 0.3 is 5.69 Å². The van der Waals surface area contributed by atoms with Crippen molar-refractivity contribution in [1.29, 1.82) is 0 Å². The largest absolute Gasteiger partial charge is 0.496 e. The van der Waals surface area contributed by atoms with E-state index in [1.807, 2.05) is 31.2 Å². The Hall–Kier alpha value is -3.95. The zero-order valence-electron chi connectivity index (χ0n) is 18.2. The van der Waals surface area contributed by atoms with Crippen molar-refractivity contribution in [3.63, 3.8) is 0 Å². The first-order chi connectivity index (χ1) is 15.6. The van der Waals surface area contributed by atoms with Gasteiger partial charge in [-0.05, 0) is 34.7 Å². The Morgan fingerprint density at radius 2 is 2.03 bits per heavy atom. The first kappa shape index (κ1) is 21.3. The van der Waals surface area contributed by atoms with Crippen molar-refractivity contribution in [3.8, 4) is 17.2 Å². The van der Waals surface area contributed by atoms with Crippen molar-refractivity contribution < 1.29 is 14.2 Å². The molecule has 0 spiro atoms. The maximum atomic E-state index is 12.4. The van der Waals surface area contributed by atoms with Gasteiger partial charge in [0, 0.05) is 25.5 Å². The molecule has 3 aromatic rings. The molecule has 1 aromatic heterocycles. The number of ether oxygens (including phenoxy) is 3. The van der Waals surface area contributed by atoms with E-state index in [0.717, 1.165) is 21.7 Å². The monoisotopic (exact) mass is 436 g/mol. The number of aryl methyl sites for hydroxylation is 1. The van der Waals surface area contributed by atoms with Gasteiger partial charge in [0.1, 0.15) is 18.1 Å². The Morgan fingerprint density at radius 1 is 1.19 bits per heavy atom. The summed E-state index contributed by atoms with van der Waals surface area (Å²) in [5, 5.41) is 16.5. The number of benzene rings is 2. The minimum Gasteiger partial charge on any atom is -0.496 e. The number of rotatable bonds is 6. The van der Waals surface area contributed by atoms with Crippen LogP contribution in [0.3, 0.4) is 0 Å². The van der Waals surface area contributed by atoms with Crippen molar-refractivity contribution in [2.24, 2.45) is 17.3 Å². The summed E-state index contributed by atoms with van der Waals surface area (Å²) in [6.45, 7) is 2.62. The third-order valence-corrected chi connectivity index (χ3v) is 5.04. The number of methoxy groups -OCH3 is 1. The molecule has 0 fully saturated rings. The molecule has 2 heterocycles. The average molecular weight is 436 g/mol. The third-order valence-electron chi connectivity index (χ3n) is 5.04. The third kappa shape index (κ3) is 4.25. The second-order valence-electron chi connectivity index (χ2n) is 7.03. The quantitative estimate of drug-likeness (QED) is 0.334. The van der Waals surface area contributed by atoms with E-state index < -0.39 is 0 Å². The van der Waals surface area contributed by atoms with Crippen LogP contribution in [-0.4, -0.2) is 45.1 Å². The van der Waals surface area contributed by atoms with Crippen LogP contribution >= 0.6 is 0 Å². The van der Waals surface area contributed by atoms with Crippen LogP contribution < -0.4 is 15.2 Å². The Bertz CT molecular complexity index is 1230. The smallest absolute Gasteiger partial charge is 0.368 e. The molecule has 0 saturated heterocycles. The number of fused-ring (bicyclic) bond motifs is 1. The molecule has 0 aliphatic carbocycles. The molecule has 10 heteroatoms. The summed E-state index contributed by atoms with van der Waals surface area (Å²) in [5.74, 6) is 1.84. The van der Waals surface area contributed by atoms with E-state index >= 15 is 0 Å². The summed E-state index contributed by atoms with van der Waals surface area (Å²) in [6.07, 6.45) is 1.22. The molecule has 0 bridgehead atoms. The van der Waals surface area contributed by atoms with Crippen molar-refractivity contribution in [3.05, 3.63) is 64.1 Å². The molecule has 2 aromatic carbocycles. The van der Waals surface area contributed by atoms with E-state index in [1.165, 1.54) is 11.7 Å². The fraction of sp³-hybridized carbons (Fsp3) is 0.318. The lowest BCUT2D eigenvalue weighted by molar-refractivity contribution is 0.275. The lowest BCUT2D eigenvalue weighted by Gasteiger charge is -2.18. The Balaban J connectivity index is 1.60. The molecule has 4 rings (SSSR count). The summed E-state index contributed by atoms with van der Waals surface area (Å²) >= 11 is 0. The van der Waals surface area contributed by atoms with Gasteiger partial charge in [-0.2, -0.15) is 14.5 Å². The standard InChI is InChI=1S/C22H24N6O4/c1-4-21(24-23-17-12-13-31-20-10-6-5-8-15(17)20)32-14-16-18(9-7-11-19(16)30-3)28-22(29)27(2)25-26-28/h5-11H,4,12-14H2,1-3H3/b23-17?,24-21-. The fourth-order valence-corrected chi connectivity index (χ4v) is 3.35. The zero-order chi connectivity index (χ0) is 22.5. The van der Waals surface area contributed by atoms with E-state index in [-0.39, 0.29) is 12.3 Å². The number of nitrogens with zero attached hydrogens (tertiary/aromatic N) is 6. The summed E-state index contributed by atoms with van der Waals surface area (Å²) in [5.41, 5.74) is 2.61. The van der Waals surface area contributed by atoms with Gasteiger partial charge in [-0.3, -0.25) is 0 Å². The molecule has 0 atom stereocenters. The Labute approximate surface area is 184 Å². The summed E-state index contributed by atoms with van der Waals surface area (Å²) in [6, 6.07) is 13.1. The van der Waals surface area contributed by atoms with Crippen LogP contribution in [-0.2, 0) is 18.4 Å². The minimum absolute atomic E-state index is 0.125. The molecule has 166 valence electrons. The van der Waals surface area contributed by atoms with Gasteiger partial charge < -0.3 is 14.2 Å². The maximum Gasteiger partial charge on any atom is 0.368 e. The molecule has 1 aliphatic heterocycles.